The van der Waals surface area contributed by atoms with Crippen LogP contribution in [0.2, 0.25) is 5.02 Å². The van der Waals surface area contributed by atoms with E-state index in [1.807, 2.05) is 19.1 Å². The lowest BCUT2D eigenvalue weighted by Crippen LogP contribution is -2.20. The molecule has 0 heterocycles. The Balaban J connectivity index is 2.12. The van der Waals surface area contributed by atoms with Crippen molar-refractivity contribution < 1.29 is 4.79 Å². The third kappa shape index (κ3) is 3.97. The molecule has 4 nitrogen and oxygen atoms in total. The van der Waals surface area contributed by atoms with Crippen LogP contribution in [0.25, 0.3) is 0 Å². The lowest BCUT2D eigenvalue weighted by atomic mass is 10.2. The van der Waals surface area contributed by atoms with Crippen molar-refractivity contribution in [3.63, 3.8) is 0 Å². The number of nitriles is 1. The van der Waals surface area contributed by atoms with Crippen LogP contribution < -0.4 is 10.6 Å². The molecule has 0 aliphatic heterocycles. The van der Waals surface area contributed by atoms with Crippen LogP contribution in [-0.4, -0.2) is 6.03 Å². The van der Waals surface area contributed by atoms with Crippen LogP contribution in [0, 0.1) is 18.3 Å². The summed E-state index contributed by atoms with van der Waals surface area (Å²) in [5, 5.41) is 14.9. The number of aryl methyl sites for hydroxylation is 1. The Bertz CT molecular complexity index is 740. The van der Waals surface area contributed by atoms with Gasteiger partial charge in [-0.3, -0.25) is 0 Å². The number of rotatable bonds is 2. The number of amides is 2. The second-order valence-corrected chi connectivity index (χ2v) is 5.67. The number of carbonyl (C=O) groups excluding carboxylic acids is 1. The Morgan fingerprint density at radius 1 is 1.24 bits per heavy atom. The first-order chi connectivity index (χ1) is 9.99. The van der Waals surface area contributed by atoms with Crippen LogP contribution >= 0.6 is 27.5 Å². The summed E-state index contributed by atoms with van der Waals surface area (Å²) in [4.78, 5) is 11.9. The molecule has 0 bridgehead atoms. The number of halogens is 2. The molecule has 0 radical (unpaired) electrons. The summed E-state index contributed by atoms with van der Waals surface area (Å²) >= 11 is 9.28. The molecule has 2 amide bonds. The first-order valence-corrected chi connectivity index (χ1v) is 7.20. The lowest BCUT2D eigenvalue weighted by Gasteiger charge is -2.10. The summed E-state index contributed by atoms with van der Waals surface area (Å²) < 4.78 is 0.773. The van der Waals surface area contributed by atoms with Crippen molar-refractivity contribution in [1.82, 2.24) is 0 Å². The van der Waals surface area contributed by atoms with Crippen molar-refractivity contribution >= 4 is 44.9 Å². The summed E-state index contributed by atoms with van der Waals surface area (Å²) in [5.41, 5.74) is 2.33. The summed E-state index contributed by atoms with van der Waals surface area (Å²) in [7, 11) is 0. The largest absolute Gasteiger partial charge is 0.323 e. The zero-order valence-electron chi connectivity index (χ0n) is 11.1. The van der Waals surface area contributed by atoms with Gasteiger partial charge in [0.1, 0.15) is 6.07 Å². The van der Waals surface area contributed by atoms with E-state index in [4.69, 9.17) is 16.9 Å². The highest BCUT2D eigenvalue weighted by atomic mass is 79.9. The maximum atomic E-state index is 11.9. The molecule has 6 heteroatoms. The van der Waals surface area contributed by atoms with Gasteiger partial charge in [0, 0.05) is 15.2 Å². The Morgan fingerprint density at radius 3 is 2.67 bits per heavy atom. The third-order valence-electron chi connectivity index (χ3n) is 2.78. The zero-order valence-corrected chi connectivity index (χ0v) is 13.4. The van der Waals surface area contributed by atoms with E-state index in [2.05, 4.69) is 26.6 Å². The summed E-state index contributed by atoms with van der Waals surface area (Å²) in [6, 6.07) is 11.9. The van der Waals surface area contributed by atoms with Gasteiger partial charge >= 0.3 is 6.03 Å². The molecule has 0 fully saturated rings. The van der Waals surface area contributed by atoms with Gasteiger partial charge in [0.25, 0.3) is 0 Å². The topological polar surface area (TPSA) is 64.9 Å². The predicted octanol–water partition coefficient (Wildman–Crippen LogP) is 4.93. The van der Waals surface area contributed by atoms with Crippen molar-refractivity contribution in [3.05, 3.63) is 57.0 Å². The Labute approximate surface area is 135 Å². The molecule has 2 aromatic rings. The van der Waals surface area contributed by atoms with Crippen LogP contribution in [0.4, 0.5) is 16.2 Å². The number of urea groups is 1. The molecule has 2 N–H and O–H groups in total. The van der Waals surface area contributed by atoms with Gasteiger partial charge < -0.3 is 10.6 Å². The third-order valence-corrected chi connectivity index (χ3v) is 3.68. The van der Waals surface area contributed by atoms with Crippen LogP contribution in [0.5, 0.6) is 0 Å². The molecule has 0 atom stereocenters. The maximum absolute atomic E-state index is 11.9. The highest BCUT2D eigenvalue weighted by Crippen LogP contribution is 2.22. The van der Waals surface area contributed by atoms with Gasteiger partial charge in [-0.25, -0.2) is 4.79 Å². The van der Waals surface area contributed by atoms with Crippen LogP contribution in [0.1, 0.15) is 11.1 Å². The molecule has 0 aliphatic carbocycles. The van der Waals surface area contributed by atoms with Crippen LogP contribution in [0.3, 0.4) is 0 Å². The van der Waals surface area contributed by atoms with E-state index in [9.17, 15) is 4.79 Å². The van der Waals surface area contributed by atoms with Crippen LogP contribution in [-0.2, 0) is 0 Å². The van der Waals surface area contributed by atoms with E-state index >= 15 is 0 Å². The number of nitrogens with zero attached hydrogens (tertiary/aromatic N) is 1. The van der Waals surface area contributed by atoms with Crippen LogP contribution in [0.15, 0.2) is 40.9 Å². The summed E-state index contributed by atoms with van der Waals surface area (Å²) in [5.74, 6) is 0. The molecule has 0 unspecified atom stereocenters. The summed E-state index contributed by atoms with van der Waals surface area (Å²) in [6.07, 6.45) is 0. The summed E-state index contributed by atoms with van der Waals surface area (Å²) in [6.45, 7) is 1.88. The molecule has 0 aliphatic rings. The molecular formula is C15H11BrClN3O. The van der Waals surface area contributed by atoms with E-state index in [1.165, 1.54) is 0 Å². The number of nitrogens with one attached hydrogen (secondary N) is 2. The van der Waals surface area contributed by atoms with Gasteiger partial charge in [-0.2, -0.15) is 5.26 Å². The molecule has 2 rings (SSSR count). The van der Waals surface area contributed by atoms with Gasteiger partial charge in [-0.1, -0.05) is 33.6 Å². The normalized spacial score (nSPS) is 9.81. The minimum absolute atomic E-state index is 0.376. The fourth-order valence-electron chi connectivity index (χ4n) is 1.67. The SMILES string of the molecule is Cc1ccc(NC(=O)Nc2ccc(Br)cc2C#N)cc1Cl. The van der Waals surface area contributed by atoms with E-state index in [-0.39, 0.29) is 0 Å². The van der Waals surface area contributed by atoms with Crippen molar-refractivity contribution in [1.29, 1.82) is 5.26 Å². The zero-order chi connectivity index (χ0) is 15.4. The highest BCUT2D eigenvalue weighted by molar-refractivity contribution is 9.10. The molecule has 21 heavy (non-hydrogen) atoms. The van der Waals surface area contributed by atoms with Gasteiger partial charge in [-0.05, 0) is 42.8 Å². The first-order valence-electron chi connectivity index (χ1n) is 6.03. The Morgan fingerprint density at radius 2 is 2.00 bits per heavy atom. The van der Waals surface area contributed by atoms with Gasteiger partial charge in [0.05, 0.1) is 11.3 Å². The van der Waals surface area contributed by atoms with E-state index < -0.39 is 6.03 Å². The number of hydrogen-bond acceptors (Lipinski definition) is 2. The number of benzene rings is 2. The second kappa shape index (κ2) is 6.61. The maximum Gasteiger partial charge on any atom is 0.323 e. The molecule has 106 valence electrons. The monoisotopic (exact) mass is 363 g/mol. The number of carbonyl (C=O) groups is 1. The van der Waals surface area contributed by atoms with E-state index in [0.717, 1.165) is 10.0 Å². The standard InChI is InChI=1S/C15H11BrClN3O/c1-9-2-4-12(7-13(9)17)19-15(21)20-14-5-3-11(16)6-10(14)8-18/h2-7H,1H3,(H2,19,20,21). The lowest BCUT2D eigenvalue weighted by molar-refractivity contribution is 0.262. The van der Waals surface area contributed by atoms with E-state index in [0.29, 0.717) is 22.0 Å². The second-order valence-electron chi connectivity index (χ2n) is 4.34. The van der Waals surface area contributed by atoms with Crippen molar-refractivity contribution in [2.75, 3.05) is 10.6 Å². The molecule has 0 aromatic heterocycles. The fraction of sp³-hybridized carbons (Fsp3) is 0.0667. The van der Waals surface area contributed by atoms with Gasteiger partial charge in [0.15, 0.2) is 0 Å². The highest BCUT2D eigenvalue weighted by Gasteiger charge is 2.08. The van der Waals surface area contributed by atoms with Gasteiger partial charge in [-0.15, -0.1) is 0 Å². The van der Waals surface area contributed by atoms with Gasteiger partial charge in [0.2, 0.25) is 0 Å². The average Bonchev–Trinajstić information content (AvgIpc) is 2.44. The van der Waals surface area contributed by atoms with Crippen molar-refractivity contribution in [2.45, 2.75) is 6.92 Å². The molecule has 0 spiro atoms. The average molecular weight is 365 g/mol. The smallest absolute Gasteiger partial charge is 0.308 e. The molecule has 0 saturated carbocycles. The minimum Gasteiger partial charge on any atom is -0.308 e. The van der Waals surface area contributed by atoms with E-state index in [1.54, 1.807) is 30.3 Å². The molecule has 2 aromatic carbocycles. The van der Waals surface area contributed by atoms with Crippen molar-refractivity contribution in [3.8, 4) is 6.07 Å². The number of anilines is 2. The minimum atomic E-state index is -0.436. The molecular weight excluding hydrogens is 354 g/mol. The Kier molecular flexibility index (Phi) is 4.84. The predicted molar refractivity (Wildman–Crippen MR) is 87.7 cm³/mol. The quantitative estimate of drug-likeness (QED) is 0.794. The van der Waals surface area contributed by atoms with Crippen molar-refractivity contribution in [2.24, 2.45) is 0 Å². The number of hydrogen-bond donors (Lipinski definition) is 2. The fourth-order valence-corrected chi connectivity index (χ4v) is 2.21. The Hall–Kier alpha value is -2.03. The molecule has 0 saturated heterocycles. The first kappa shape index (κ1) is 15.4.